The molecule has 0 fully saturated rings. The van der Waals surface area contributed by atoms with Crippen molar-refractivity contribution in [1.29, 1.82) is 0 Å². The molecule has 1 aromatic heterocycles. The SMILES string of the molecule is CCC(CC)N1C(=O)C(=O)c2c(C)nc(Nc3c(C)cc(C)cc3C)nc21. The van der Waals surface area contributed by atoms with Crippen LogP contribution in [-0.2, 0) is 4.79 Å². The molecule has 6 nitrogen and oxygen atoms in total. The summed E-state index contributed by atoms with van der Waals surface area (Å²) < 4.78 is 0. The summed E-state index contributed by atoms with van der Waals surface area (Å²) in [6.07, 6.45) is 1.52. The average Bonchev–Trinajstić information content (AvgIpc) is 2.85. The van der Waals surface area contributed by atoms with E-state index < -0.39 is 11.7 Å². The lowest BCUT2D eigenvalue weighted by Crippen LogP contribution is -2.39. The van der Waals surface area contributed by atoms with Crippen LogP contribution in [0.2, 0.25) is 0 Å². The topological polar surface area (TPSA) is 75.2 Å². The number of carbonyl (C=O) groups excluding carboxylic acids is 2. The first-order valence-electron chi connectivity index (χ1n) is 9.39. The third kappa shape index (κ3) is 3.20. The molecule has 1 aliphatic heterocycles. The highest BCUT2D eigenvalue weighted by Gasteiger charge is 2.42. The molecule has 2 heterocycles. The fraction of sp³-hybridized carbons (Fsp3) is 0.429. The van der Waals surface area contributed by atoms with Gasteiger partial charge in [-0.3, -0.25) is 14.5 Å². The minimum Gasteiger partial charge on any atom is -0.324 e. The average molecular weight is 366 g/mol. The van der Waals surface area contributed by atoms with Crippen molar-refractivity contribution in [2.75, 3.05) is 10.2 Å². The van der Waals surface area contributed by atoms with Gasteiger partial charge in [0.05, 0.1) is 11.3 Å². The second kappa shape index (κ2) is 7.10. The first kappa shape index (κ1) is 19.0. The van der Waals surface area contributed by atoms with Gasteiger partial charge >= 0.3 is 5.91 Å². The number of aryl methyl sites for hydroxylation is 4. The largest absolute Gasteiger partial charge is 0.324 e. The van der Waals surface area contributed by atoms with Crippen LogP contribution < -0.4 is 10.2 Å². The molecule has 2 aromatic rings. The van der Waals surface area contributed by atoms with Gasteiger partial charge in [0.1, 0.15) is 0 Å². The number of amides is 1. The Morgan fingerprint density at radius 1 is 1.00 bits per heavy atom. The molecule has 0 saturated heterocycles. The van der Waals surface area contributed by atoms with Crippen molar-refractivity contribution in [2.45, 2.75) is 60.4 Å². The summed E-state index contributed by atoms with van der Waals surface area (Å²) in [7, 11) is 0. The number of nitrogens with one attached hydrogen (secondary N) is 1. The molecule has 142 valence electrons. The van der Waals surface area contributed by atoms with E-state index >= 15 is 0 Å². The molecule has 0 saturated carbocycles. The van der Waals surface area contributed by atoms with Crippen molar-refractivity contribution in [3.8, 4) is 0 Å². The van der Waals surface area contributed by atoms with E-state index in [9.17, 15) is 9.59 Å². The first-order valence-corrected chi connectivity index (χ1v) is 9.39. The van der Waals surface area contributed by atoms with Crippen LogP contribution in [0.4, 0.5) is 17.5 Å². The van der Waals surface area contributed by atoms with Crippen LogP contribution in [-0.4, -0.2) is 27.7 Å². The van der Waals surface area contributed by atoms with Gasteiger partial charge < -0.3 is 5.32 Å². The van der Waals surface area contributed by atoms with E-state index in [4.69, 9.17) is 0 Å². The monoisotopic (exact) mass is 366 g/mol. The van der Waals surface area contributed by atoms with E-state index in [2.05, 4.69) is 34.3 Å². The minimum absolute atomic E-state index is 0.0484. The van der Waals surface area contributed by atoms with Crippen molar-refractivity contribution in [3.63, 3.8) is 0 Å². The van der Waals surface area contributed by atoms with Gasteiger partial charge in [0.25, 0.3) is 5.78 Å². The van der Waals surface area contributed by atoms with Gasteiger partial charge in [0, 0.05) is 11.7 Å². The summed E-state index contributed by atoms with van der Waals surface area (Å²) in [4.78, 5) is 35.6. The first-order chi connectivity index (χ1) is 12.8. The Balaban J connectivity index is 2.08. The Morgan fingerprint density at radius 3 is 2.15 bits per heavy atom. The van der Waals surface area contributed by atoms with Crippen molar-refractivity contribution in [1.82, 2.24) is 9.97 Å². The number of carbonyl (C=O) groups is 2. The van der Waals surface area contributed by atoms with E-state index in [0.717, 1.165) is 29.7 Å². The number of rotatable bonds is 5. The fourth-order valence-electron chi connectivity index (χ4n) is 3.85. The van der Waals surface area contributed by atoms with Crippen molar-refractivity contribution >= 4 is 29.1 Å². The molecule has 1 aliphatic rings. The summed E-state index contributed by atoms with van der Waals surface area (Å²) in [5.74, 6) is -0.185. The maximum absolute atomic E-state index is 12.6. The second-order valence-corrected chi connectivity index (χ2v) is 7.20. The summed E-state index contributed by atoms with van der Waals surface area (Å²) in [5.41, 5.74) is 5.19. The van der Waals surface area contributed by atoms with Crippen LogP contribution in [0, 0.1) is 27.7 Å². The molecule has 27 heavy (non-hydrogen) atoms. The van der Waals surface area contributed by atoms with Crippen molar-refractivity contribution in [3.05, 3.63) is 40.1 Å². The predicted octanol–water partition coefficient (Wildman–Crippen LogP) is 4.17. The summed E-state index contributed by atoms with van der Waals surface area (Å²) in [6.45, 7) is 11.9. The third-order valence-electron chi connectivity index (χ3n) is 5.16. The standard InChI is InChI=1S/C21H26N4O2/c1-7-15(8-2)25-19-16(18(26)20(25)27)14(6)22-21(24-19)23-17-12(4)9-11(3)10-13(17)5/h9-10,15H,7-8H2,1-6H3,(H,22,23,24). The molecule has 0 bridgehead atoms. The molecule has 6 heteroatoms. The number of anilines is 3. The fourth-order valence-corrected chi connectivity index (χ4v) is 3.85. The summed E-state index contributed by atoms with van der Waals surface area (Å²) in [6, 6.07) is 4.14. The zero-order valence-corrected chi connectivity index (χ0v) is 16.8. The van der Waals surface area contributed by atoms with Crippen LogP contribution in [0.25, 0.3) is 0 Å². The van der Waals surface area contributed by atoms with Crippen LogP contribution in [0.1, 0.15) is 59.4 Å². The van der Waals surface area contributed by atoms with Gasteiger partial charge in [0.15, 0.2) is 5.82 Å². The number of ketones is 1. The van der Waals surface area contributed by atoms with E-state index in [0.29, 0.717) is 23.0 Å². The molecule has 1 aromatic carbocycles. The normalized spacial score (nSPS) is 13.5. The minimum atomic E-state index is -0.511. The Morgan fingerprint density at radius 2 is 1.59 bits per heavy atom. The highest BCUT2D eigenvalue weighted by atomic mass is 16.2. The Kier molecular flexibility index (Phi) is 5.00. The highest BCUT2D eigenvalue weighted by Crippen LogP contribution is 2.34. The van der Waals surface area contributed by atoms with Gasteiger partial charge in [-0.2, -0.15) is 4.98 Å². The quantitative estimate of drug-likeness (QED) is 0.804. The van der Waals surface area contributed by atoms with E-state index in [1.54, 1.807) is 11.8 Å². The zero-order chi connectivity index (χ0) is 19.9. The van der Waals surface area contributed by atoms with Crippen LogP contribution in [0.5, 0.6) is 0 Å². The van der Waals surface area contributed by atoms with Gasteiger partial charge in [0.2, 0.25) is 5.95 Å². The molecular weight excluding hydrogens is 340 g/mol. The third-order valence-corrected chi connectivity index (χ3v) is 5.16. The van der Waals surface area contributed by atoms with Crippen LogP contribution >= 0.6 is 0 Å². The summed E-state index contributed by atoms with van der Waals surface area (Å²) in [5, 5.41) is 3.29. The lowest BCUT2D eigenvalue weighted by Gasteiger charge is -2.25. The lowest BCUT2D eigenvalue weighted by atomic mass is 10.1. The van der Waals surface area contributed by atoms with E-state index in [-0.39, 0.29) is 6.04 Å². The van der Waals surface area contributed by atoms with E-state index in [1.165, 1.54) is 5.56 Å². The van der Waals surface area contributed by atoms with Crippen molar-refractivity contribution < 1.29 is 9.59 Å². The van der Waals surface area contributed by atoms with Gasteiger partial charge in [-0.05, 0) is 51.7 Å². The number of hydrogen-bond donors (Lipinski definition) is 1. The van der Waals surface area contributed by atoms with Crippen LogP contribution in [0.3, 0.4) is 0 Å². The highest BCUT2D eigenvalue weighted by molar-refractivity contribution is 6.52. The molecule has 0 atom stereocenters. The predicted molar refractivity (Wildman–Crippen MR) is 107 cm³/mol. The number of nitrogens with zero attached hydrogens (tertiary/aromatic N) is 3. The molecule has 3 rings (SSSR count). The number of Topliss-reactive ketones (excluding diaryl/α,β-unsaturated/α-hetero) is 1. The maximum Gasteiger partial charge on any atom is 0.301 e. The zero-order valence-electron chi connectivity index (χ0n) is 16.8. The molecular formula is C21H26N4O2. The molecule has 0 spiro atoms. The van der Waals surface area contributed by atoms with E-state index in [1.807, 2.05) is 27.7 Å². The van der Waals surface area contributed by atoms with Gasteiger partial charge in [-0.25, -0.2) is 4.98 Å². The number of fused-ring (bicyclic) bond motifs is 1. The maximum atomic E-state index is 12.6. The van der Waals surface area contributed by atoms with Crippen LogP contribution in [0.15, 0.2) is 12.1 Å². The number of aromatic nitrogens is 2. The molecule has 1 amide bonds. The smallest absolute Gasteiger partial charge is 0.301 e. The molecule has 0 radical (unpaired) electrons. The van der Waals surface area contributed by atoms with Gasteiger partial charge in [-0.1, -0.05) is 31.5 Å². The number of benzene rings is 1. The lowest BCUT2D eigenvalue weighted by molar-refractivity contribution is -0.114. The van der Waals surface area contributed by atoms with Crippen molar-refractivity contribution in [2.24, 2.45) is 0 Å². The number of hydrogen-bond acceptors (Lipinski definition) is 5. The Hall–Kier alpha value is -2.76. The van der Waals surface area contributed by atoms with Gasteiger partial charge in [-0.15, -0.1) is 0 Å². The molecule has 0 unspecified atom stereocenters. The summed E-state index contributed by atoms with van der Waals surface area (Å²) >= 11 is 0. The molecule has 0 aliphatic carbocycles. The molecule has 1 N–H and O–H groups in total. The Bertz CT molecular complexity index is 909. The Labute approximate surface area is 160 Å². The second-order valence-electron chi connectivity index (χ2n) is 7.20.